The van der Waals surface area contributed by atoms with Gasteiger partial charge in [-0.2, -0.15) is 0 Å². The molecule has 1 aliphatic carbocycles. The van der Waals surface area contributed by atoms with Gasteiger partial charge in [-0.25, -0.2) is 0 Å². The van der Waals surface area contributed by atoms with Crippen LogP contribution in [-0.2, 0) is 7.84 Å². The average Bonchev–Trinajstić information content (AvgIpc) is 2.56. The van der Waals surface area contributed by atoms with Crippen molar-refractivity contribution in [1.29, 1.82) is 0 Å². The first-order chi connectivity index (χ1) is 6.16. The van der Waals surface area contributed by atoms with Crippen molar-refractivity contribution in [3.05, 3.63) is 0 Å². The van der Waals surface area contributed by atoms with Gasteiger partial charge in [0.05, 0.1) is 0 Å². The first-order valence-electron chi connectivity index (χ1n) is 4.26. The molecule has 3 rings (SSSR count). The zero-order valence-corrected chi connectivity index (χ0v) is 9.25. The molecule has 0 N–H and O–H groups in total. The molecule has 0 bridgehead atoms. The summed E-state index contributed by atoms with van der Waals surface area (Å²) < 4.78 is 11.7. The van der Waals surface area contributed by atoms with E-state index in [0.717, 1.165) is 24.3 Å². The summed E-state index contributed by atoms with van der Waals surface area (Å²) in [5.41, 5.74) is 2.41. The van der Waals surface area contributed by atoms with Crippen LogP contribution in [0.5, 0.6) is 0 Å². The Balaban J connectivity index is 2.10. The van der Waals surface area contributed by atoms with Gasteiger partial charge in [-0.3, -0.25) is 0 Å². The van der Waals surface area contributed by atoms with E-state index in [1.54, 1.807) is 0 Å². The molecule has 3 aliphatic rings. The maximum absolute atomic E-state index is 5.22. The van der Waals surface area contributed by atoms with E-state index in [1.165, 1.54) is 4.42 Å². The van der Waals surface area contributed by atoms with Gasteiger partial charge in [0.2, 0.25) is 0 Å². The van der Waals surface area contributed by atoms with Crippen molar-refractivity contribution in [1.82, 2.24) is 0 Å². The van der Waals surface area contributed by atoms with E-state index in [4.69, 9.17) is 7.84 Å². The van der Waals surface area contributed by atoms with Crippen molar-refractivity contribution in [2.24, 2.45) is 15.7 Å². The summed E-state index contributed by atoms with van der Waals surface area (Å²) in [6.07, 6.45) is 1.98. The van der Waals surface area contributed by atoms with Crippen LogP contribution >= 0.6 is 0 Å². The zero-order valence-electron chi connectivity index (χ0n) is 7.53. The van der Waals surface area contributed by atoms with Gasteiger partial charge < -0.3 is 0 Å². The second-order valence-electron chi connectivity index (χ2n) is 4.31. The molecule has 0 saturated heterocycles. The fourth-order valence-electron chi connectivity index (χ4n) is 1.88. The minimum absolute atomic E-state index is 0.249. The molecule has 0 atom stereocenters. The normalized spacial score (nSPS) is 28.9. The third kappa shape index (κ3) is 1.00. The van der Waals surface area contributed by atoms with E-state index in [9.17, 15) is 0 Å². The van der Waals surface area contributed by atoms with Gasteiger partial charge in [-0.15, -0.1) is 0 Å². The molecule has 0 aromatic rings. The Kier molecular flexibility index (Phi) is 1.32. The first-order valence-corrected chi connectivity index (χ1v) is 6.52. The van der Waals surface area contributed by atoms with Crippen molar-refractivity contribution < 1.29 is 7.84 Å². The topological polar surface area (TPSA) is 43.2 Å². The molecule has 4 nitrogen and oxygen atoms in total. The van der Waals surface area contributed by atoms with Gasteiger partial charge in [-0.1, -0.05) is 0 Å². The molecule has 0 amide bonds. The Morgan fingerprint density at radius 2 is 1.69 bits per heavy atom. The molecule has 0 spiro atoms. The quantitative estimate of drug-likeness (QED) is 0.593. The summed E-state index contributed by atoms with van der Waals surface area (Å²) in [6, 6.07) is 0. The zero-order chi connectivity index (χ0) is 9.05. The Bertz CT molecular complexity index is 350. The Labute approximate surface area is 80.6 Å². The number of hydrogen-bond donors (Lipinski definition) is 0. The number of oxime groups is 2. The second kappa shape index (κ2) is 2.22. The molecule has 70 valence electrons. The third-order valence-corrected chi connectivity index (χ3v) is 4.98. The molecule has 0 unspecified atom stereocenters. The van der Waals surface area contributed by atoms with Crippen LogP contribution in [-0.4, -0.2) is 30.0 Å². The van der Waals surface area contributed by atoms with Crippen LogP contribution in [0.25, 0.3) is 0 Å². The van der Waals surface area contributed by atoms with Crippen LogP contribution in [0.2, 0.25) is 0 Å². The molecule has 1 saturated carbocycles. The van der Waals surface area contributed by atoms with E-state index < -0.39 is 14.1 Å². The molecule has 13 heavy (non-hydrogen) atoms. The van der Waals surface area contributed by atoms with Gasteiger partial charge in [0.15, 0.2) is 0 Å². The summed E-state index contributed by atoms with van der Waals surface area (Å²) in [7, 11) is 0. The van der Waals surface area contributed by atoms with Crippen LogP contribution in [0.1, 0.15) is 26.7 Å². The van der Waals surface area contributed by atoms with Crippen LogP contribution in [0.15, 0.2) is 10.3 Å². The van der Waals surface area contributed by atoms with Gasteiger partial charge >= 0.3 is 80.2 Å². The molecule has 2 heterocycles. The van der Waals surface area contributed by atoms with Crippen molar-refractivity contribution in [2.75, 3.05) is 0 Å². The molecule has 0 radical (unpaired) electrons. The van der Waals surface area contributed by atoms with Crippen LogP contribution in [0.3, 0.4) is 0 Å². The summed E-state index contributed by atoms with van der Waals surface area (Å²) >= 11 is -1.54. The fraction of sp³-hybridized carbons (Fsp3) is 0.625. The number of nitrogens with zero attached hydrogens (tertiary/aromatic N) is 2. The van der Waals surface area contributed by atoms with Crippen molar-refractivity contribution in [2.45, 2.75) is 26.7 Å². The summed E-state index contributed by atoms with van der Waals surface area (Å²) in [4.78, 5) is 0. The van der Waals surface area contributed by atoms with E-state index in [0.29, 0.717) is 0 Å². The average molecular weight is 245 g/mol. The van der Waals surface area contributed by atoms with E-state index >= 15 is 0 Å². The molecule has 5 heteroatoms. The van der Waals surface area contributed by atoms with Gasteiger partial charge in [0.1, 0.15) is 0 Å². The summed E-state index contributed by atoms with van der Waals surface area (Å²) in [6.45, 7) is 4.45. The first kappa shape index (κ1) is 7.71. The molecule has 0 aromatic carbocycles. The third-order valence-electron chi connectivity index (χ3n) is 2.41. The SMILES string of the molecule is CC1(C)CC2=NO[Se]3=C2C(=NO3)C1. The van der Waals surface area contributed by atoms with Crippen LogP contribution in [0.4, 0.5) is 0 Å². The Morgan fingerprint density at radius 1 is 1.15 bits per heavy atom. The Morgan fingerprint density at radius 3 is 2.23 bits per heavy atom. The predicted molar refractivity (Wildman–Crippen MR) is 50.8 cm³/mol. The minimum atomic E-state index is -1.54. The summed E-state index contributed by atoms with van der Waals surface area (Å²) in [5.74, 6) is 0. The molecule has 0 aromatic heterocycles. The molecular weight excluding hydrogens is 235 g/mol. The standard InChI is InChI=1S/C8H10N2O2Se/c1-8(2)3-5-7-6(4-8)10-12-13(7)11-9-5/h3-4H2,1-2H3. The van der Waals surface area contributed by atoms with Crippen molar-refractivity contribution in [3.63, 3.8) is 0 Å². The molecule has 2 aliphatic heterocycles. The number of hydrogen-bond acceptors (Lipinski definition) is 4. The van der Waals surface area contributed by atoms with Crippen molar-refractivity contribution in [3.8, 4) is 0 Å². The van der Waals surface area contributed by atoms with Gasteiger partial charge in [0.25, 0.3) is 0 Å². The fourth-order valence-corrected chi connectivity index (χ4v) is 4.18. The van der Waals surface area contributed by atoms with E-state index in [2.05, 4.69) is 24.2 Å². The van der Waals surface area contributed by atoms with E-state index in [1.807, 2.05) is 0 Å². The van der Waals surface area contributed by atoms with Gasteiger partial charge in [0, 0.05) is 0 Å². The van der Waals surface area contributed by atoms with Crippen LogP contribution in [0, 0.1) is 5.41 Å². The Hall–Kier alpha value is -0.671. The molecular formula is C8H10N2O2Se. The second-order valence-corrected chi connectivity index (χ2v) is 6.77. The van der Waals surface area contributed by atoms with E-state index in [-0.39, 0.29) is 5.41 Å². The predicted octanol–water partition coefficient (Wildman–Crippen LogP) is 0.821. The number of rotatable bonds is 0. The monoisotopic (exact) mass is 246 g/mol. The summed E-state index contributed by atoms with van der Waals surface area (Å²) in [5, 5.41) is 8.13. The maximum atomic E-state index is 5.22. The molecule has 1 fully saturated rings. The van der Waals surface area contributed by atoms with Crippen LogP contribution < -0.4 is 0 Å². The van der Waals surface area contributed by atoms with Crippen molar-refractivity contribution >= 4 is 30.0 Å². The van der Waals surface area contributed by atoms with Gasteiger partial charge in [-0.05, 0) is 0 Å².